The Morgan fingerprint density at radius 2 is 1.82 bits per heavy atom. The zero-order chi connectivity index (χ0) is 20.3. The molecule has 1 aliphatic heterocycles. The minimum atomic E-state index is -0.289. The summed E-state index contributed by atoms with van der Waals surface area (Å²) < 4.78 is 0. The Bertz CT molecular complexity index is 764. The molecule has 0 spiro atoms. The van der Waals surface area contributed by atoms with Crippen molar-refractivity contribution in [2.75, 3.05) is 32.7 Å². The van der Waals surface area contributed by atoms with Crippen molar-refractivity contribution < 1.29 is 0 Å². The number of halogens is 1. The molecule has 2 aliphatic rings. The summed E-state index contributed by atoms with van der Waals surface area (Å²) in [6.45, 7) is 16.7. The largest absolute Gasteiger partial charge is 0.357 e. The van der Waals surface area contributed by atoms with Gasteiger partial charge in [0.25, 0.3) is 0 Å². The molecule has 1 aromatic rings. The van der Waals surface area contributed by atoms with Crippen LogP contribution in [-0.2, 0) is 12.8 Å². The van der Waals surface area contributed by atoms with Crippen LogP contribution < -0.4 is 0 Å². The molecule has 154 valence electrons. The van der Waals surface area contributed by atoms with Crippen molar-refractivity contribution >= 4 is 34.6 Å². The van der Waals surface area contributed by atoms with Crippen molar-refractivity contribution in [3.63, 3.8) is 0 Å². The van der Waals surface area contributed by atoms with Gasteiger partial charge in [-0.05, 0) is 58.9 Å². The zero-order valence-corrected chi connectivity index (χ0v) is 19.3. The van der Waals surface area contributed by atoms with Gasteiger partial charge in [0, 0.05) is 47.7 Å². The molecule has 28 heavy (non-hydrogen) atoms. The highest BCUT2D eigenvalue weighted by atomic mass is 35.5. The van der Waals surface area contributed by atoms with Crippen LogP contribution in [0.1, 0.15) is 54.5 Å². The standard InChI is InChI=1S/C22H33ClN4S/c1-6-24-21(20-16(2)28-19-10-8-7-9-18(19)20)27-13-11-26(12-14-27)17(3)25-15-22(4,5)23/h6H,1,7-15H2,2-5H3/b24-21+,25-17+. The first-order valence-electron chi connectivity index (χ1n) is 10.3. The van der Waals surface area contributed by atoms with E-state index < -0.39 is 0 Å². The van der Waals surface area contributed by atoms with E-state index in [2.05, 4.69) is 30.2 Å². The molecule has 1 aliphatic carbocycles. The van der Waals surface area contributed by atoms with Crippen LogP contribution in [0, 0.1) is 6.92 Å². The molecule has 4 nitrogen and oxygen atoms in total. The molecule has 0 saturated carbocycles. The van der Waals surface area contributed by atoms with Gasteiger partial charge in [-0.25, -0.2) is 4.99 Å². The van der Waals surface area contributed by atoms with Gasteiger partial charge in [-0.1, -0.05) is 6.58 Å². The third kappa shape index (κ3) is 4.98. The molecule has 1 saturated heterocycles. The fraction of sp³-hybridized carbons (Fsp3) is 0.636. The summed E-state index contributed by atoms with van der Waals surface area (Å²) in [5.74, 6) is 2.20. The lowest BCUT2D eigenvalue weighted by Crippen LogP contribution is -2.50. The third-order valence-corrected chi connectivity index (χ3v) is 6.83. The van der Waals surface area contributed by atoms with Gasteiger partial charge in [0.2, 0.25) is 0 Å². The Hall–Kier alpha value is -1.33. The molecule has 6 heteroatoms. The van der Waals surface area contributed by atoms with Gasteiger partial charge >= 0.3 is 0 Å². The maximum absolute atomic E-state index is 6.29. The Labute approximate surface area is 179 Å². The number of piperazine rings is 1. The lowest BCUT2D eigenvalue weighted by molar-refractivity contribution is 0.257. The van der Waals surface area contributed by atoms with Crippen LogP contribution in [0.3, 0.4) is 0 Å². The Morgan fingerprint density at radius 3 is 2.46 bits per heavy atom. The van der Waals surface area contributed by atoms with E-state index in [1.807, 2.05) is 25.2 Å². The molecule has 0 atom stereocenters. The fourth-order valence-corrected chi connectivity index (χ4v) is 5.35. The van der Waals surface area contributed by atoms with Gasteiger partial charge in [0.05, 0.1) is 17.3 Å². The third-order valence-electron chi connectivity index (χ3n) is 5.51. The van der Waals surface area contributed by atoms with Crippen LogP contribution in [0.25, 0.3) is 0 Å². The predicted molar refractivity (Wildman–Crippen MR) is 123 cm³/mol. The summed E-state index contributed by atoms with van der Waals surface area (Å²) in [7, 11) is 0. The SMILES string of the molecule is C=C/N=C(\c1c(C)sc2c1CCCC2)N1CCN(/C(C)=N/CC(C)(C)Cl)CC1. The monoisotopic (exact) mass is 420 g/mol. The van der Waals surface area contributed by atoms with E-state index in [1.54, 1.807) is 16.6 Å². The molecule has 0 unspecified atom stereocenters. The minimum Gasteiger partial charge on any atom is -0.357 e. The number of hydrogen-bond donors (Lipinski definition) is 0. The molecule has 2 heterocycles. The van der Waals surface area contributed by atoms with Crippen LogP contribution >= 0.6 is 22.9 Å². The van der Waals surface area contributed by atoms with Crippen molar-refractivity contribution in [3.8, 4) is 0 Å². The molecular formula is C22H33ClN4S. The lowest BCUT2D eigenvalue weighted by Gasteiger charge is -2.38. The first-order valence-corrected chi connectivity index (χ1v) is 11.5. The van der Waals surface area contributed by atoms with Gasteiger partial charge in [-0.2, -0.15) is 0 Å². The first kappa shape index (κ1) is 21.4. The van der Waals surface area contributed by atoms with Crippen molar-refractivity contribution in [3.05, 3.63) is 33.7 Å². The quantitative estimate of drug-likeness (QED) is 0.395. The number of nitrogens with zero attached hydrogens (tertiary/aromatic N) is 4. The molecule has 1 fully saturated rings. The predicted octanol–water partition coefficient (Wildman–Crippen LogP) is 4.88. The highest BCUT2D eigenvalue weighted by Gasteiger charge is 2.27. The average Bonchev–Trinajstić information content (AvgIpc) is 2.99. The smallest absolute Gasteiger partial charge is 0.137 e. The molecule has 3 rings (SSSR count). The Balaban J connectivity index is 1.74. The normalized spacial score (nSPS) is 19.0. The Morgan fingerprint density at radius 1 is 1.18 bits per heavy atom. The van der Waals surface area contributed by atoms with Gasteiger partial charge in [-0.15, -0.1) is 22.9 Å². The summed E-state index contributed by atoms with van der Waals surface area (Å²) in [5, 5.41) is 0. The fourth-order valence-electron chi connectivity index (χ4n) is 4.03. The van der Waals surface area contributed by atoms with Crippen molar-refractivity contribution in [1.29, 1.82) is 0 Å². The van der Waals surface area contributed by atoms with E-state index in [4.69, 9.17) is 21.6 Å². The number of thiophene rings is 1. The number of aliphatic imine (C=N–C) groups is 2. The topological polar surface area (TPSA) is 31.2 Å². The van der Waals surface area contributed by atoms with Crippen LogP contribution in [0.4, 0.5) is 0 Å². The number of amidine groups is 2. The highest BCUT2D eigenvalue weighted by molar-refractivity contribution is 7.12. The van der Waals surface area contributed by atoms with E-state index >= 15 is 0 Å². The molecule has 0 N–H and O–H groups in total. The molecule has 0 amide bonds. The number of fused-ring (bicyclic) bond motifs is 1. The van der Waals surface area contributed by atoms with Gasteiger partial charge in [-0.3, -0.25) is 4.99 Å². The molecule has 0 aromatic carbocycles. The van der Waals surface area contributed by atoms with E-state index in [0.29, 0.717) is 6.54 Å². The molecular weight excluding hydrogens is 388 g/mol. The van der Waals surface area contributed by atoms with Crippen LogP contribution in [0.2, 0.25) is 0 Å². The van der Waals surface area contributed by atoms with E-state index in [-0.39, 0.29) is 4.87 Å². The van der Waals surface area contributed by atoms with Gasteiger partial charge in [0.15, 0.2) is 0 Å². The average molecular weight is 421 g/mol. The number of hydrogen-bond acceptors (Lipinski definition) is 3. The summed E-state index contributed by atoms with van der Waals surface area (Å²) in [6, 6.07) is 0. The van der Waals surface area contributed by atoms with Gasteiger partial charge in [0.1, 0.15) is 5.84 Å². The van der Waals surface area contributed by atoms with E-state index in [1.165, 1.54) is 36.1 Å². The second-order valence-electron chi connectivity index (χ2n) is 8.33. The van der Waals surface area contributed by atoms with Gasteiger partial charge < -0.3 is 9.80 Å². The van der Waals surface area contributed by atoms with E-state index in [0.717, 1.165) is 37.9 Å². The molecule has 0 radical (unpaired) electrons. The van der Waals surface area contributed by atoms with E-state index in [9.17, 15) is 0 Å². The number of aryl methyl sites for hydroxylation is 2. The summed E-state index contributed by atoms with van der Waals surface area (Å²) in [6.07, 6.45) is 6.71. The van der Waals surface area contributed by atoms with Crippen molar-refractivity contribution in [2.24, 2.45) is 9.98 Å². The van der Waals surface area contributed by atoms with Crippen molar-refractivity contribution in [1.82, 2.24) is 9.80 Å². The maximum Gasteiger partial charge on any atom is 0.137 e. The summed E-state index contributed by atoms with van der Waals surface area (Å²) in [4.78, 5) is 16.9. The second-order valence-corrected chi connectivity index (χ2v) is 10.7. The lowest BCUT2D eigenvalue weighted by atomic mass is 9.94. The minimum absolute atomic E-state index is 0.289. The van der Waals surface area contributed by atoms with Crippen molar-refractivity contribution in [2.45, 2.75) is 58.3 Å². The number of alkyl halides is 1. The number of rotatable bonds is 4. The summed E-state index contributed by atoms with van der Waals surface area (Å²) >= 11 is 8.25. The second kappa shape index (κ2) is 9.00. The Kier molecular flexibility index (Phi) is 6.87. The van der Waals surface area contributed by atoms with Crippen LogP contribution in [0.5, 0.6) is 0 Å². The first-order chi connectivity index (χ1) is 13.3. The molecule has 1 aromatic heterocycles. The maximum atomic E-state index is 6.29. The van der Waals surface area contributed by atoms with Crippen LogP contribution in [-0.4, -0.2) is 59.1 Å². The van der Waals surface area contributed by atoms with Crippen LogP contribution in [0.15, 0.2) is 22.8 Å². The highest BCUT2D eigenvalue weighted by Crippen LogP contribution is 2.35. The molecule has 0 bridgehead atoms. The zero-order valence-electron chi connectivity index (χ0n) is 17.7. The summed E-state index contributed by atoms with van der Waals surface area (Å²) in [5.41, 5.74) is 2.92.